The maximum Gasteiger partial charge on any atom is 0.0889 e. The molecule has 0 bridgehead atoms. The second-order valence-corrected chi connectivity index (χ2v) is 7.53. The van der Waals surface area contributed by atoms with Crippen molar-refractivity contribution in [1.82, 2.24) is 5.32 Å². The topological polar surface area (TPSA) is 32.3 Å². The lowest BCUT2D eigenvalue weighted by atomic mass is 9.78. The molecule has 16 heavy (non-hydrogen) atoms. The van der Waals surface area contributed by atoms with Gasteiger partial charge in [-0.15, -0.1) is 0 Å². The maximum absolute atomic E-state index is 10.4. The molecule has 2 nitrogen and oxygen atoms in total. The van der Waals surface area contributed by atoms with Crippen LogP contribution in [-0.2, 0) is 0 Å². The minimum absolute atomic E-state index is 0.257. The molecule has 0 saturated heterocycles. The first-order chi connectivity index (χ1) is 7.29. The lowest BCUT2D eigenvalue weighted by molar-refractivity contribution is -0.0273. The molecule has 0 aromatic carbocycles. The van der Waals surface area contributed by atoms with E-state index in [1.807, 2.05) is 11.8 Å². The summed E-state index contributed by atoms with van der Waals surface area (Å²) in [4.78, 5) is 0. The average Bonchev–Trinajstić information content (AvgIpc) is 2.19. The zero-order valence-corrected chi connectivity index (χ0v) is 12.2. The van der Waals surface area contributed by atoms with Gasteiger partial charge in [-0.05, 0) is 30.9 Å². The molecule has 1 aliphatic rings. The highest BCUT2D eigenvalue weighted by Gasteiger charge is 2.45. The summed E-state index contributed by atoms with van der Waals surface area (Å²) in [7, 11) is 0. The molecule has 0 spiro atoms. The van der Waals surface area contributed by atoms with Gasteiger partial charge >= 0.3 is 0 Å². The van der Waals surface area contributed by atoms with Gasteiger partial charge in [0.1, 0.15) is 0 Å². The van der Waals surface area contributed by atoms with Crippen LogP contribution in [0.25, 0.3) is 0 Å². The van der Waals surface area contributed by atoms with E-state index in [1.165, 1.54) is 6.42 Å². The van der Waals surface area contributed by atoms with Crippen molar-refractivity contribution in [2.45, 2.75) is 64.4 Å². The number of nitrogens with one attached hydrogen (secondary N) is 1. The molecule has 3 heteroatoms. The van der Waals surface area contributed by atoms with Gasteiger partial charge in [-0.3, -0.25) is 0 Å². The SMILES string of the molecule is CCSC1CCC1(O)CNC(C)C(C)(C)C. The van der Waals surface area contributed by atoms with E-state index in [0.29, 0.717) is 11.3 Å². The molecular formula is C13H27NOS. The summed E-state index contributed by atoms with van der Waals surface area (Å²) in [5.41, 5.74) is -0.201. The lowest BCUT2D eigenvalue weighted by Crippen LogP contribution is -2.58. The van der Waals surface area contributed by atoms with Gasteiger partial charge in [0.25, 0.3) is 0 Å². The van der Waals surface area contributed by atoms with Crippen LogP contribution in [0.4, 0.5) is 0 Å². The zero-order chi connectivity index (χ0) is 12.4. The van der Waals surface area contributed by atoms with E-state index >= 15 is 0 Å². The van der Waals surface area contributed by atoms with Gasteiger partial charge < -0.3 is 10.4 Å². The van der Waals surface area contributed by atoms with E-state index in [1.54, 1.807) is 0 Å². The molecule has 0 amide bonds. The summed E-state index contributed by atoms with van der Waals surface area (Å²) in [6.07, 6.45) is 2.12. The number of thioether (sulfide) groups is 1. The van der Waals surface area contributed by atoms with E-state index < -0.39 is 5.60 Å². The second kappa shape index (κ2) is 5.28. The second-order valence-electron chi connectivity index (χ2n) is 6.05. The fraction of sp³-hybridized carbons (Fsp3) is 1.00. The maximum atomic E-state index is 10.4. The van der Waals surface area contributed by atoms with Crippen molar-refractivity contribution in [1.29, 1.82) is 0 Å². The fourth-order valence-electron chi connectivity index (χ4n) is 1.87. The Morgan fingerprint density at radius 3 is 2.50 bits per heavy atom. The highest BCUT2D eigenvalue weighted by Crippen LogP contribution is 2.40. The summed E-state index contributed by atoms with van der Waals surface area (Å²) in [5, 5.41) is 14.4. The molecule has 1 aliphatic carbocycles. The third-order valence-electron chi connectivity index (χ3n) is 3.82. The highest BCUT2D eigenvalue weighted by molar-refractivity contribution is 8.00. The highest BCUT2D eigenvalue weighted by atomic mass is 32.2. The molecule has 0 aromatic rings. The minimum Gasteiger partial charge on any atom is -0.387 e. The van der Waals surface area contributed by atoms with Crippen molar-refractivity contribution < 1.29 is 5.11 Å². The molecule has 3 atom stereocenters. The normalized spacial score (nSPS) is 32.2. The van der Waals surface area contributed by atoms with E-state index in [4.69, 9.17) is 0 Å². The summed E-state index contributed by atoms with van der Waals surface area (Å²) in [6, 6.07) is 0.435. The third kappa shape index (κ3) is 3.38. The van der Waals surface area contributed by atoms with Crippen LogP contribution in [0.3, 0.4) is 0 Å². The molecule has 1 saturated carbocycles. The van der Waals surface area contributed by atoms with Gasteiger partial charge in [0, 0.05) is 17.8 Å². The zero-order valence-electron chi connectivity index (χ0n) is 11.3. The summed E-state index contributed by atoms with van der Waals surface area (Å²) >= 11 is 1.89. The summed E-state index contributed by atoms with van der Waals surface area (Å²) < 4.78 is 0. The molecule has 0 radical (unpaired) electrons. The first kappa shape index (κ1) is 14.3. The monoisotopic (exact) mass is 245 g/mol. The average molecular weight is 245 g/mol. The smallest absolute Gasteiger partial charge is 0.0889 e. The third-order valence-corrected chi connectivity index (χ3v) is 5.23. The Kier molecular flexibility index (Phi) is 4.73. The van der Waals surface area contributed by atoms with Crippen LogP contribution < -0.4 is 5.32 Å². The summed E-state index contributed by atoms with van der Waals surface area (Å²) in [5.74, 6) is 1.10. The van der Waals surface area contributed by atoms with Gasteiger partial charge in [-0.1, -0.05) is 27.7 Å². The minimum atomic E-state index is -0.458. The van der Waals surface area contributed by atoms with Gasteiger partial charge in [-0.25, -0.2) is 0 Å². The fourth-order valence-corrected chi connectivity index (χ4v) is 3.07. The molecule has 0 heterocycles. The Morgan fingerprint density at radius 2 is 2.12 bits per heavy atom. The predicted molar refractivity (Wildman–Crippen MR) is 73.0 cm³/mol. The van der Waals surface area contributed by atoms with Crippen LogP contribution in [0.2, 0.25) is 0 Å². The van der Waals surface area contributed by atoms with Crippen LogP contribution in [0.15, 0.2) is 0 Å². The standard InChI is InChI=1S/C13H27NOS/c1-6-16-11-7-8-13(11,15)9-14-10(2)12(3,4)5/h10-11,14-15H,6-9H2,1-5H3. The number of rotatable bonds is 5. The van der Waals surface area contributed by atoms with Crippen LogP contribution in [0, 0.1) is 5.41 Å². The van der Waals surface area contributed by atoms with Gasteiger partial charge in [0.05, 0.1) is 5.60 Å². The lowest BCUT2D eigenvalue weighted by Gasteiger charge is -2.46. The number of aliphatic hydroxyl groups is 1. The molecule has 0 aromatic heterocycles. The largest absolute Gasteiger partial charge is 0.387 e. The molecule has 2 N–H and O–H groups in total. The van der Waals surface area contributed by atoms with Crippen molar-refractivity contribution >= 4 is 11.8 Å². The molecule has 0 aliphatic heterocycles. The van der Waals surface area contributed by atoms with Crippen molar-refractivity contribution in [3.63, 3.8) is 0 Å². The Morgan fingerprint density at radius 1 is 1.50 bits per heavy atom. The Labute approximate surface area is 105 Å². The molecule has 96 valence electrons. The van der Waals surface area contributed by atoms with E-state index in [9.17, 15) is 5.11 Å². The Bertz CT molecular complexity index is 226. The van der Waals surface area contributed by atoms with Crippen molar-refractivity contribution in [3.05, 3.63) is 0 Å². The molecule has 3 unspecified atom stereocenters. The van der Waals surface area contributed by atoms with Crippen LogP contribution in [0.1, 0.15) is 47.5 Å². The summed E-state index contributed by atoms with van der Waals surface area (Å²) in [6.45, 7) is 11.8. The van der Waals surface area contributed by atoms with E-state index in [-0.39, 0.29) is 5.41 Å². The van der Waals surface area contributed by atoms with Crippen molar-refractivity contribution in [2.75, 3.05) is 12.3 Å². The van der Waals surface area contributed by atoms with E-state index in [2.05, 4.69) is 39.9 Å². The first-order valence-electron chi connectivity index (χ1n) is 6.37. The number of hydrogen-bond donors (Lipinski definition) is 2. The van der Waals surface area contributed by atoms with Gasteiger partial charge in [0.15, 0.2) is 0 Å². The first-order valence-corrected chi connectivity index (χ1v) is 7.42. The molecule has 1 fully saturated rings. The van der Waals surface area contributed by atoms with Crippen molar-refractivity contribution in [2.24, 2.45) is 5.41 Å². The Hall–Kier alpha value is 0.270. The van der Waals surface area contributed by atoms with Crippen molar-refractivity contribution in [3.8, 4) is 0 Å². The van der Waals surface area contributed by atoms with Gasteiger partial charge in [-0.2, -0.15) is 11.8 Å². The quantitative estimate of drug-likeness (QED) is 0.781. The Balaban J connectivity index is 2.37. The molecule has 1 rings (SSSR count). The predicted octanol–water partition coefficient (Wildman–Crippen LogP) is 2.66. The molecular weight excluding hydrogens is 218 g/mol. The van der Waals surface area contributed by atoms with Crippen LogP contribution >= 0.6 is 11.8 Å². The van der Waals surface area contributed by atoms with Crippen LogP contribution in [-0.4, -0.2) is 34.3 Å². The van der Waals surface area contributed by atoms with Gasteiger partial charge in [0.2, 0.25) is 0 Å². The number of hydrogen-bond acceptors (Lipinski definition) is 3. The van der Waals surface area contributed by atoms with E-state index in [0.717, 1.165) is 18.7 Å². The van der Waals surface area contributed by atoms with Crippen LogP contribution in [0.5, 0.6) is 0 Å².